The second kappa shape index (κ2) is 11.3. The molecule has 0 aliphatic carbocycles. The molecule has 0 spiro atoms. The Kier molecular flexibility index (Phi) is 8.41. The lowest BCUT2D eigenvalue weighted by molar-refractivity contribution is -0.119. The Labute approximate surface area is 205 Å². The fourth-order valence-electron chi connectivity index (χ4n) is 3.22. The molecule has 0 heterocycles. The molecule has 7 nitrogen and oxygen atoms in total. The highest BCUT2D eigenvalue weighted by molar-refractivity contribution is 7.92. The number of hydrogen-bond acceptors (Lipinski definition) is 5. The van der Waals surface area contributed by atoms with Gasteiger partial charge in [-0.2, -0.15) is 0 Å². The van der Waals surface area contributed by atoms with E-state index in [1.807, 2.05) is 26.0 Å². The van der Waals surface area contributed by atoms with Gasteiger partial charge in [0.25, 0.3) is 10.0 Å². The van der Waals surface area contributed by atoms with Gasteiger partial charge in [0.2, 0.25) is 5.91 Å². The van der Waals surface area contributed by atoms with Crippen LogP contribution < -0.4 is 19.1 Å². The maximum absolute atomic E-state index is 13.5. The molecule has 1 amide bonds. The van der Waals surface area contributed by atoms with Crippen molar-refractivity contribution in [1.29, 1.82) is 0 Å². The Morgan fingerprint density at radius 2 is 1.76 bits per heavy atom. The van der Waals surface area contributed by atoms with Crippen LogP contribution >= 0.6 is 11.6 Å². The summed E-state index contributed by atoms with van der Waals surface area (Å²) in [6, 6.07) is 18.5. The van der Waals surface area contributed by atoms with Crippen molar-refractivity contribution < 1.29 is 22.7 Å². The number of halogens is 1. The Bertz CT molecular complexity index is 1250. The van der Waals surface area contributed by atoms with E-state index in [9.17, 15) is 13.2 Å². The lowest BCUT2D eigenvalue weighted by atomic mass is 10.2. The number of anilines is 1. The lowest BCUT2D eigenvalue weighted by Crippen LogP contribution is -2.42. The number of aryl methyl sites for hydroxylation is 2. The molecule has 0 bridgehead atoms. The first-order chi connectivity index (χ1) is 16.2. The van der Waals surface area contributed by atoms with Crippen molar-refractivity contribution >= 4 is 33.2 Å². The molecule has 0 saturated carbocycles. The largest absolute Gasteiger partial charge is 0.495 e. The second-order valence-corrected chi connectivity index (χ2v) is 9.88. The Morgan fingerprint density at radius 3 is 2.44 bits per heavy atom. The lowest BCUT2D eigenvalue weighted by Gasteiger charge is -2.26. The highest BCUT2D eigenvalue weighted by atomic mass is 35.5. The minimum absolute atomic E-state index is 0.0749. The summed E-state index contributed by atoms with van der Waals surface area (Å²) >= 11 is 6.10. The molecule has 0 aliphatic rings. The maximum Gasteiger partial charge on any atom is 0.264 e. The van der Waals surface area contributed by atoms with Crippen molar-refractivity contribution in [3.63, 3.8) is 0 Å². The highest BCUT2D eigenvalue weighted by Crippen LogP contribution is 2.33. The molecule has 0 aromatic heterocycles. The van der Waals surface area contributed by atoms with Crippen LogP contribution in [-0.4, -0.2) is 41.1 Å². The predicted molar refractivity (Wildman–Crippen MR) is 133 cm³/mol. The van der Waals surface area contributed by atoms with E-state index < -0.39 is 22.5 Å². The number of methoxy groups -OCH3 is 1. The van der Waals surface area contributed by atoms with E-state index in [-0.39, 0.29) is 23.7 Å². The average molecular weight is 503 g/mol. The standard InChI is InChI=1S/C25H27ClN2O5S/c1-18-9-12-24(32-3)23(15-18)28(34(30,31)21-7-5-4-6-8-21)17-25(29)27-13-14-33-20-11-10-19(2)22(26)16-20/h4-12,15-16H,13-14,17H2,1-3H3,(H,27,29). The van der Waals surface area contributed by atoms with Gasteiger partial charge in [-0.3, -0.25) is 9.10 Å². The van der Waals surface area contributed by atoms with Crippen LogP contribution in [0.1, 0.15) is 11.1 Å². The molecule has 0 unspecified atom stereocenters. The summed E-state index contributed by atoms with van der Waals surface area (Å²) in [5.74, 6) is 0.453. The van der Waals surface area contributed by atoms with Crippen molar-refractivity contribution in [2.45, 2.75) is 18.7 Å². The SMILES string of the molecule is COc1ccc(C)cc1N(CC(=O)NCCOc1ccc(C)c(Cl)c1)S(=O)(=O)c1ccccc1. The third-order valence-corrected chi connectivity index (χ3v) is 7.24. The van der Waals surface area contributed by atoms with Crippen LogP contribution in [0.3, 0.4) is 0 Å². The molecule has 180 valence electrons. The van der Waals surface area contributed by atoms with Crippen LogP contribution in [-0.2, 0) is 14.8 Å². The van der Waals surface area contributed by atoms with E-state index in [4.69, 9.17) is 21.1 Å². The first kappa shape index (κ1) is 25.4. The summed E-state index contributed by atoms with van der Waals surface area (Å²) in [4.78, 5) is 12.8. The van der Waals surface area contributed by atoms with Crippen LogP contribution in [0.25, 0.3) is 0 Å². The van der Waals surface area contributed by atoms with Gasteiger partial charge in [-0.1, -0.05) is 41.9 Å². The fourth-order valence-corrected chi connectivity index (χ4v) is 4.84. The normalized spacial score (nSPS) is 11.1. The molecule has 1 N–H and O–H groups in total. The van der Waals surface area contributed by atoms with Gasteiger partial charge in [0.1, 0.15) is 24.7 Å². The summed E-state index contributed by atoms with van der Waals surface area (Å²) in [6.07, 6.45) is 0. The van der Waals surface area contributed by atoms with Gasteiger partial charge in [-0.05, 0) is 61.4 Å². The second-order valence-electron chi connectivity index (χ2n) is 7.61. The van der Waals surface area contributed by atoms with Crippen LogP contribution in [0.4, 0.5) is 5.69 Å². The van der Waals surface area contributed by atoms with E-state index in [0.29, 0.717) is 16.5 Å². The fraction of sp³-hybridized carbons (Fsp3) is 0.240. The topological polar surface area (TPSA) is 84.9 Å². The number of rotatable bonds is 10. The van der Waals surface area contributed by atoms with Gasteiger partial charge in [0.15, 0.2) is 0 Å². The summed E-state index contributed by atoms with van der Waals surface area (Å²) in [5, 5.41) is 3.30. The van der Waals surface area contributed by atoms with Gasteiger partial charge < -0.3 is 14.8 Å². The van der Waals surface area contributed by atoms with Gasteiger partial charge in [0.05, 0.1) is 24.2 Å². The third kappa shape index (κ3) is 6.21. The number of ether oxygens (including phenoxy) is 2. The molecule has 0 saturated heterocycles. The Balaban J connectivity index is 1.76. The number of carbonyl (C=O) groups is 1. The summed E-state index contributed by atoms with van der Waals surface area (Å²) in [5.41, 5.74) is 2.05. The van der Waals surface area contributed by atoms with Crippen molar-refractivity contribution in [3.05, 3.63) is 82.9 Å². The summed E-state index contributed by atoms with van der Waals surface area (Å²) < 4.78 is 39.0. The van der Waals surface area contributed by atoms with Crippen LogP contribution in [0.5, 0.6) is 11.5 Å². The van der Waals surface area contributed by atoms with Crippen LogP contribution in [0.2, 0.25) is 5.02 Å². The molecule has 3 aromatic rings. The van der Waals surface area contributed by atoms with Crippen LogP contribution in [0.15, 0.2) is 71.6 Å². The van der Waals surface area contributed by atoms with Crippen LogP contribution in [0, 0.1) is 13.8 Å². The smallest absolute Gasteiger partial charge is 0.264 e. The number of benzene rings is 3. The van der Waals surface area contributed by atoms with E-state index in [0.717, 1.165) is 15.4 Å². The molecule has 3 rings (SSSR count). The highest BCUT2D eigenvalue weighted by Gasteiger charge is 2.29. The number of carbonyl (C=O) groups excluding carboxylic acids is 1. The number of hydrogen-bond donors (Lipinski definition) is 1. The van der Waals surface area contributed by atoms with Gasteiger partial charge in [-0.25, -0.2) is 8.42 Å². The number of amides is 1. The third-order valence-electron chi connectivity index (χ3n) is 5.06. The van der Waals surface area contributed by atoms with E-state index in [1.165, 1.54) is 19.2 Å². The van der Waals surface area contributed by atoms with E-state index >= 15 is 0 Å². The van der Waals surface area contributed by atoms with Gasteiger partial charge in [0, 0.05) is 5.02 Å². The molecule has 0 atom stereocenters. The molecule has 0 aliphatic heterocycles. The quantitative estimate of drug-likeness (QED) is 0.416. The van der Waals surface area contributed by atoms with E-state index in [1.54, 1.807) is 42.5 Å². The van der Waals surface area contributed by atoms with Crippen molar-refractivity contribution in [1.82, 2.24) is 5.32 Å². The minimum Gasteiger partial charge on any atom is -0.495 e. The molecule has 0 fully saturated rings. The number of nitrogens with zero attached hydrogens (tertiary/aromatic N) is 1. The first-order valence-electron chi connectivity index (χ1n) is 10.6. The molecule has 0 radical (unpaired) electrons. The summed E-state index contributed by atoms with van der Waals surface area (Å²) in [6.45, 7) is 3.70. The molecular formula is C25H27ClN2O5S. The molecule has 3 aromatic carbocycles. The van der Waals surface area contributed by atoms with Gasteiger partial charge >= 0.3 is 0 Å². The molecule has 9 heteroatoms. The maximum atomic E-state index is 13.5. The Hall–Kier alpha value is -3.23. The Morgan fingerprint density at radius 1 is 1.03 bits per heavy atom. The number of sulfonamides is 1. The van der Waals surface area contributed by atoms with Crippen molar-refractivity contribution in [2.24, 2.45) is 0 Å². The van der Waals surface area contributed by atoms with Crippen molar-refractivity contribution in [2.75, 3.05) is 31.1 Å². The van der Waals surface area contributed by atoms with E-state index in [2.05, 4.69) is 5.32 Å². The zero-order valence-electron chi connectivity index (χ0n) is 19.2. The molecule has 34 heavy (non-hydrogen) atoms. The first-order valence-corrected chi connectivity index (χ1v) is 12.4. The van der Waals surface area contributed by atoms with Gasteiger partial charge in [-0.15, -0.1) is 0 Å². The van der Waals surface area contributed by atoms with Crippen molar-refractivity contribution in [3.8, 4) is 11.5 Å². The number of nitrogens with one attached hydrogen (secondary N) is 1. The minimum atomic E-state index is -4.03. The molecular weight excluding hydrogens is 476 g/mol. The summed E-state index contributed by atoms with van der Waals surface area (Å²) in [7, 11) is -2.58. The average Bonchev–Trinajstić information content (AvgIpc) is 2.83. The zero-order chi connectivity index (χ0) is 24.7. The monoisotopic (exact) mass is 502 g/mol. The predicted octanol–water partition coefficient (Wildman–Crippen LogP) is 4.36. The zero-order valence-corrected chi connectivity index (χ0v) is 20.8.